The SMILES string of the molecule is [2H]C([2H])([2H])N(Cc1cnc2nc(N)nc(N)c2n1)c1ccc(C(=O)NC(CCC(=O)O)C(=O)O)cc1. The molecule has 172 valence electrons. The zero-order valence-electron chi connectivity index (χ0n) is 20.1. The minimum atomic E-state index is -2.60. The van der Waals surface area contributed by atoms with Gasteiger partial charge in [0.05, 0.1) is 18.4 Å². The van der Waals surface area contributed by atoms with Crippen molar-refractivity contribution < 1.29 is 28.7 Å². The van der Waals surface area contributed by atoms with E-state index >= 15 is 0 Å². The largest absolute Gasteiger partial charge is 0.481 e. The van der Waals surface area contributed by atoms with Gasteiger partial charge < -0.3 is 31.9 Å². The summed E-state index contributed by atoms with van der Waals surface area (Å²) in [7, 11) is 0. The molecule has 7 N–H and O–H groups in total. The van der Waals surface area contributed by atoms with Crippen molar-refractivity contribution in [1.82, 2.24) is 25.3 Å². The first-order chi connectivity index (χ1) is 16.8. The average molecular weight is 457 g/mol. The van der Waals surface area contributed by atoms with E-state index < -0.39 is 37.3 Å². The van der Waals surface area contributed by atoms with Gasteiger partial charge >= 0.3 is 11.9 Å². The summed E-state index contributed by atoms with van der Waals surface area (Å²) >= 11 is 0. The number of fused-ring (bicyclic) bond motifs is 1. The van der Waals surface area contributed by atoms with Crippen LogP contribution in [0.15, 0.2) is 30.5 Å². The number of nitrogens with two attached hydrogens (primary N) is 2. The molecule has 0 fully saturated rings. The molecule has 3 rings (SSSR count). The molecular formula is C20H22N8O5. The van der Waals surface area contributed by atoms with Crippen LogP contribution in [0.4, 0.5) is 17.5 Å². The Labute approximate surface area is 191 Å². The number of nitrogens with zero attached hydrogens (tertiary/aromatic N) is 5. The fourth-order valence-electron chi connectivity index (χ4n) is 2.87. The van der Waals surface area contributed by atoms with Gasteiger partial charge in [-0.3, -0.25) is 9.59 Å². The molecule has 13 heteroatoms. The first-order valence-corrected chi connectivity index (χ1v) is 9.53. The maximum absolute atomic E-state index is 12.5. The van der Waals surface area contributed by atoms with Crippen LogP contribution in [0.5, 0.6) is 0 Å². The first kappa shape index (κ1) is 19.2. The van der Waals surface area contributed by atoms with Crippen LogP contribution in [-0.2, 0) is 16.1 Å². The van der Waals surface area contributed by atoms with Gasteiger partial charge in [0.1, 0.15) is 6.04 Å². The second kappa shape index (κ2) is 9.72. The van der Waals surface area contributed by atoms with Gasteiger partial charge in [0.15, 0.2) is 17.0 Å². The molecule has 13 nitrogen and oxygen atoms in total. The van der Waals surface area contributed by atoms with Crippen molar-refractivity contribution in [1.29, 1.82) is 0 Å². The quantitative estimate of drug-likeness (QED) is 0.293. The van der Waals surface area contributed by atoms with Crippen LogP contribution in [0.25, 0.3) is 11.2 Å². The third-order valence-corrected chi connectivity index (χ3v) is 4.51. The Hall–Kier alpha value is -4.55. The Morgan fingerprint density at radius 1 is 1.15 bits per heavy atom. The maximum Gasteiger partial charge on any atom is 0.326 e. The van der Waals surface area contributed by atoms with Gasteiger partial charge in [-0.2, -0.15) is 9.97 Å². The van der Waals surface area contributed by atoms with Crippen LogP contribution in [0.2, 0.25) is 0 Å². The third kappa shape index (κ3) is 5.78. The minimum absolute atomic E-state index is 0.00864. The molecule has 0 saturated heterocycles. The lowest BCUT2D eigenvalue weighted by molar-refractivity contribution is -0.140. The summed E-state index contributed by atoms with van der Waals surface area (Å²) in [6.45, 7) is -2.81. The molecule has 0 aliphatic rings. The van der Waals surface area contributed by atoms with E-state index in [1.807, 2.05) is 0 Å². The van der Waals surface area contributed by atoms with E-state index in [-0.39, 0.29) is 52.8 Å². The molecule has 33 heavy (non-hydrogen) atoms. The number of carboxylic acid groups (broad SMARTS) is 2. The van der Waals surface area contributed by atoms with Crippen molar-refractivity contribution in [3.63, 3.8) is 0 Å². The van der Waals surface area contributed by atoms with Crippen LogP contribution >= 0.6 is 0 Å². The minimum Gasteiger partial charge on any atom is -0.481 e. The molecule has 3 aromatic rings. The molecule has 1 aromatic carbocycles. The van der Waals surface area contributed by atoms with E-state index in [1.165, 1.54) is 30.5 Å². The summed E-state index contributed by atoms with van der Waals surface area (Å²) in [5, 5.41) is 20.2. The van der Waals surface area contributed by atoms with E-state index in [0.29, 0.717) is 0 Å². The lowest BCUT2D eigenvalue weighted by atomic mass is 10.1. The number of hydrogen-bond acceptors (Lipinski definition) is 10. The Kier molecular flexibility index (Phi) is 5.64. The van der Waals surface area contributed by atoms with Gasteiger partial charge in [0, 0.05) is 28.8 Å². The van der Waals surface area contributed by atoms with E-state index in [2.05, 4.69) is 25.3 Å². The Balaban J connectivity index is 1.81. The van der Waals surface area contributed by atoms with Gasteiger partial charge in [-0.15, -0.1) is 0 Å². The number of anilines is 3. The Bertz CT molecular complexity index is 1300. The lowest BCUT2D eigenvalue weighted by Crippen LogP contribution is -2.41. The summed E-state index contributed by atoms with van der Waals surface area (Å²) in [5.41, 5.74) is 12.2. The van der Waals surface area contributed by atoms with Gasteiger partial charge in [-0.25, -0.2) is 14.8 Å². The standard InChI is InChI=1S/C20H22N8O5/c1-28(9-11-8-23-17-15(24-11)16(21)26-20(22)27-17)12-4-2-10(3-5-12)18(31)25-13(19(32)33)6-7-14(29)30/h2-5,8,13H,6-7,9H2,1H3,(H,25,31)(H,29,30)(H,32,33)(H4,21,22,23,26,27)/i1D3. The number of carbonyl (C=O) groups excluding carboxylic acids is 1. The lowest BCUT2D eigenvalue weighted by Gasteiger charge is -2.19. The number of nitrogen functional groups attached to an aromatic ring is 2. The molecule has 0 bridgehead atoms. The number of nitrogens with one attached hydrogen (secondary N) is 1. The zero-order chi connectivity index (χ0) is 26.6. The Morgan fingerprint density at radius 3 is 2.52 bits per heavy atom. The average Bonchev–Trinajstić information content (AvgIpc) is 2.79. The fraction of sp³-hybridized carbons (Fsp3) is 0.250. The van der Waals surface area contributed by atoms with Gasteiger partial charge in [-0.05, 0) is 30.7 Å². The second-order valence-electron chi connectivity index (χ2n) is 6.93. The molecule has 0 aliphatic carbocycles. The number of rotatable bonds is 9. The number of aliphatic carboxylic acids is 2. The third-order valence-electron chi connectivity index (χ3n) is 4.51. The van der Waals surface area contributed by atoms with Crippen molar-refractivity contribution in [2.24, 2.45) is 0 Å². The molecule has 1 amide bonds. The van der Waals surface area contributed by atoms with E-state index in [9.17, 15) is 19.5 Å². The predicted molar refractivity (Wildman–Crippen MR) is 118 cm³/mol. The summed E-state index contributed by atoms with van der Waals surface area (Å²) in [6.07, 6.45) is 0.598. The van der Waals surface area contributed by atoms with Gasteiger partial charge in [0.25, 0.3) is 5.91 Å². The molecule has 1 atom stereocenters. The topological polar surface area (TPSA) is 211 Å². The number of aromatic nitrogens is 4. The van der Waals surface area contributed by atoms with E-state index in [1.54, 1.807) is 0 Å². The molecule has 1 unspecified atom stereocenters. The highest BCUT2D eigenvalue weighted by molar-refractivity contribution is 5.97. The highest BCUT2D eigenvalue weighted by atomic mass is 16.4. The van der Waals surface area contributed by atoms with Crippen LogP contribution in [0, 0.1) is 0 Å². The molecule has 2 aromatic heterocycles. The highest BCUT2D eigenvalue weighted by Crippen LogP contribution is 2.19. The number of hydrogen-bond donors (Lipinski definition) is 5. The number of carbonyl (C=O) groups is 3. The number of benzene rings is 1. The van der Waals surface area contributed by atoms with Crippen molar-refractivity contribution in [2.75, 3.05) is 23.3 Å². The monoisotopic (exact) mass is 457 g/mol. The second-order valence-corrected chi connectivity index (χ2v) is 6.93. The van der Waals surface area contributed by atoms with Crippen LogP contribution < -0.4 is 21.7 Å². The molecule has 0 spiro atoms. The number of carboxylic acids is 2. The predicted octanol–water partition coefficient (Wildman–Crippen LogP) is 0.268. The molecule has 0 saturated carbocycles. The molecule has 2 heterocycles. The van der Waals surface area contributed by atoms with E-state index in [4.69, 9.17) is 20.7 Å². The number of amides is 1. The molecule has 0 aliphatic heterocycles. The van der Waals surface area contributed by atoms with Gasteiger partial charge in [0.2, 0.25) is 5.95 Å². The maximum atomic E-state index is 12.5. The van der Waals surface area contributed by atoms with Crippen LogP contribution in [0.1, 0.15) is 33.0 Å². The Morgan fingerprint density at radius 2 is 1.88 bits per heavy atom. The van der Waals surface area contributed by atoms with Crippen molar-refractivity contribution in [3.8, 4) is 0 Å². The van der Waals surface area contributed by atoms with Crippen molar-refractivity contribution in [2.45, 2.75) is 25.4 Å². The van der Waals surface area contributed by atoms with Crippen LogP contribution in [0.3, 0.4) is 0 Å². The summed E-state index contributed by atoms with van der Waals surface area (Å²) in [5.74, 6) is -3.41. The molecular weight excluding hydrogens is 432 g/mol. The van der Waals surface area contributed by atoms with Gasteiger partial charge in [-0.1, -0.05) is 0 Å². The highest BCUT2D eigenvalue weighted by Gasteiger charge is 2.21. The van der Waals surface area contributed by atoms with E-state index in [0.717, 1.165) is 4.90 Å². The summed E-state index contributed by atoms with van der Waals surface area (Å²) in [6, 6.07) is 3.99. The zero-order valence-corrected chi connectivity index (χ0v) is 17.1. The first-order valence-electron chi connectivity index (χ1n) is 11.0. The van der Waals surface area contributed by atoms with Crippen LogP contribution in [-0.4, -0.2) is 61.0 Å². The van der Waals surface area contributed by atoms with Crippen molar-refractivity contribution in [3.05, 3.63) is 41.7 Å². The fourth-order valence-corrected chi connectivity index (χ4v) is 2.87. The normalized spacial score (nSPS) is 13.4. The summed E-state index contributed by atoms with van der Waals surface area (Å²) in [4.78, 5) is 51.7. The summed E-state index contributed by atoms with van der Waals surface area (Å²) < 4.78 is 23.8. The molecule has 0 radical (unpaired) electrons. The van der Waals surface area contributed by atoms with Crippen molar-refractivity contribution >= 4 is 46.5 Å². The smallest absolute Gasteiger partial charge is 0.326 e.